The van der Waals surface area contributed by atoms with Gasteiger partial charge in [0, 0.05) is 13.1 Å². The number of halogens is 3. The summed E-state index contributed by atoms with van der Waals surface area (Å²) in [4.78, 5) is 17.8. The third-order valence-corrected chi connectivity index (χ3v) is 3.81. The van der Waals surface area contributed by atoms with Crippen molar-refractivity contribution < 1.29 is 13.6 Å². The maximum Gasteiger partial charge on any atom is 0.244 e. The van der Waals surface area contributed by atoms with Crippen LogP contribution < -0.4 is 10.6 Å². The molecular weight excluding hydrogens is 356 g/mol. The van der Waals surface area contributed by atoms with E-state index in [-0.39, 0.29) is 19.9 Å². The molecule has 1 heterocycles. The molecular formula is C16H18ClF2N3OS. The van der Waals surface area contributed by atoms with Crippen LogP contribution in [-0.4, -0.2) is 24.0 Å². The summed E-state index contributed by atoms with van der Waals surface area (Å²) < 4.78 is 26.4. The smallest absolute Gasteiger partial charge is 0.244 e. The van der Waals surface area contributed by atoms with Crippen molar-refractivity contribution in [1.82, 2.24) is 4.98 Å². The Bertz CT molecular complexity index is 725. The van der Waals surface area contributed by atoms with E-state index in [4.69, 9.17) is 17.3 Å². The Hall–Kier alpha value is -1.70. The number of likely N-dealkylation sites (N-methyl/N-ethyl adjacent to an activating group) is 1. The Balaban J connectivity index is 0.00000288. The average Bonchev–Trinajstić information content (AvgIpc) is 2.47. The highest BCUT2D eigenvalue weighted by Crippen LogP contribution is 2.21. The lowest BCUT2D eigenvalue weighted by Crippen LogP contribution is -2.43. The van der Waals surface area contributed by atoms with Crippen molar-refractivity contribution in [3.8, 4) is 0 Å². The zero-order valence-electron chi connectivity index (χ0n) is 13.2. The Morgan fingerprint density at radius 1 is 1.29 bits per heavy atom. The molecule has 0 radical (unpaired) electrons. The van der Waals surface area contributed by atoms with E-state index < -0.39 is 23.6 Å². The van der Waals surface area contributed by atoms with Gasteiger partial charge in [0.15, 0.2) is 0 Å². The minimum atomic E-state index is -0.943. The fourth-order valence-corrected chi connectivity index (χ4v) is 2.29. The number of amides is 1. The number of benzene rings is 1. The molecule has 130 valence electrons. The third kappa shape index (κ3) is 4.90. The molecule has 0 unspecified atom stereocenters. The van der Waals surface area contributed by atoms with E-state index in [0.717, 1.165) is 18.2 Å². The predicted octanol–water partition coefficient (Wildman–Crippen LogP) is 2.97. The molecule has 0 spiro atoms. The molecule has 0 saturated heterocycles. The number of pyridine rings is 1. The fraction of sp³-hybridized carbons (Fsp3) is 0.250. The van der Waals surface area contributed by atoms with Crippen LogP contribution in [0, 0.1) is 18.6 Å². The summed E-state index contributed by atoms with van der Waals surface area (Å²) >= 11 is 5.99. The van der Waals surface area contributed by atoms with Crippen LogP contribution in [0.3, 0.4) is 0 Å². The highest BCUT2D eigenvalue weighted by atomic mass is 35.5. The van der Waals surface area contributed by atoms with E-state index in [1.54, 1.807) is 13.0 Å². The largest absolute Gasteiger partial charge is 0.320 e. The Kier molecular flexibility index (Phi) is 7.13. The van der Waals surface area contributed by atoms with Gasteiger partial charge in [0.25, 0.3) is 0 Å². The number of nitrogens with two attached hydrogens (primary N) is 1. The van der Waals surface area contributed by atoms with Gasteiger partial charge in [0.2, 0.25) is 5.91 Å². The highest BCUT2D eigenvalue weighted by Gasteiger charge is 2.21. The molecule has 8 heteroatoms. The number of hydrogen-bond donors (Lipinski definition) is 1. The molecule has 1 amide bonds. The summed E-state index contributed by atoms with van der Waals surface area (Å²) in [6.45, 7) is 1.75. The summed E-state index contributed by atoms with van der Waals surface area (Å²) in [7, 11) is 1.54. The number of aryl methyl sites for hydroxylation is 1. The van der Waals surface area contributed by atoms with Crippen molar-refractivity contribution in [3.05, 3.63) is 58.4 Å². The number of carbonyl (C=O) groups excluding carboxylic acids is 1. The number of hydrogen-bond acceptors (Lipinski definition) is 3. The summed E-state index contributed by atoms with van der Waals surface area (Å²) in [5.74, 6) is -1.82. The molecule has 1 atom stereocenters. The molecule has 24 heavy (non-hydrogen) atoms. The zero-order valence-corrected chi connectivity index (χ0v) is 14.9. The first-order chi connectivity index (χ1) is 10.8. The molecule has 0 saturated carbocycles. The van der Waals surface area contributed by atoms with Crippen molar-refractivity contribution in [1.29, 1.82) is 0 Å². The molecule has 2 rings (SSSR count). The Morgan fingerprint density at radius 3 is 2.42 bits per heavy atom. The van der Waals surface area contributed by atoms with Crippen LogP contribution in [0.25, 0.3) is 0 Å². The van der Waals surface area contributed by atoms with E-state index >= 15 is 0 Å². The summed E-state index contributed by atoms with van der Waals surface area (Å²) in [6.07, 6.45) is 1.53. The molecule has 2 N–H and O–H groups in total. The number of carbonyl (C=O) groups is 1. The first-order valence-corrected chi connectivity index (χ1v) is 7.26. The van der Waals surface area contributed by atoms with Gasteiger partial charge in [-0.25, -0.2) is 8.78 Å². The molecule has 0 aliphatic carbocycles. The van der Waals surface area contributed by atoms with Gasteiger partial charge in [0.1, 0.15) is 11.6 Å². The molecule has 1 aromatic carbocycles. The van der Waals surface area contributed by atoms with Crippen LogP contribution in [0.1, 0.15) is 11.3 Å². The summed E-state index contributed by atoms with van der Waals surface area (Å²) in [5.41, 5.74) is 7.32. The summed E-state index contributed by atoms with van der Waals surface area (Å²) in [5, 5.41) is 0.433. The van der Waals surface area contributed by atoms with Crippen LogP contribution in [-0.2, 0) is 11.2 Å². The maximum absolute atomic E-state index is 13.2. The topological polar surface area (TPSA) is 59.2 Å². The highest BCUT2D eigenvalue weighted by molar-refractivity contribution is 7.59. The first-order valence-electron chi connectivity index (χ1n) is 6.88. The second-order valence-electron chi connectivity index (χ2n) is 5.25. The van der Waals surface area contributed by atoms with Gasteiger partial charge in [0.05, 0.1) is 28.6 Å². The van der Waals surface area contributed by atoms with E-state index in [0.29, 0.717) is 22.0 Å². The van der Waals surface area contributed by atoms with Crippen molar-refractivity contribution >= 4 is 36.7 Å². The van der Waals surface area contributed by atoms with Crippen molar-refractivity contribution in [2.45, 2.75) is 19.4 Å². The van der Waals surface area contributed by atoms with Crippen molar-refractivity contribution in [3.63, 3.8) is 0 Å². The van der Waals surface area contributed by atoms with Crippen LogP contribution >= 0.6 is 25.1 Å². The zero-order chi connectivity index (χ0) is 17.1. The predicted molar refractivity (Wildman–Crippen MR) is 95.8 cm³/mol. The van der Waals surface area contributed by atoms with Crippen LogP contribution in [0.2, 0.25) is 5.02 Å². The Morgan fingerprint density at radius 2 is 1.88 bits per heavy atom. The fourth-order valence-electron chi connectivity index (χ4n) is 2.13. The minimum Gasteiger partial charge on any atom is -0.320 e. The van der Waals surface area contributed by atoms with Gasteiger partial charge in [-0.1, -0.05) is 11.6 Å². The molecule has 0 aliphatic heterocycles. The van der Waals surface area contributed by atoms with E-state index in [1.165, 1.54) is 18.1 Å². The van der Waals surface area contributed by atoms with Gasteiger partial charge >= 0.3 is 0 Å². The lowest BCUT2D eigenvalue weighted by atomic mass is 10.1. The molecule has 0 bridgehead atoms. The average molecular weight is 374 g/mol. The number of anilines is 1. The second-order valence-corrected chi connectivity index (χ2v) is 5.65. The lowest BCUT2D eigenvalue weighted by molar-refractivity contribution is -0.119. The molecule has 4 nitrogen and oxygen atoms in total. The molecule has 2 aromatic rings. The number of nitrogens with zero attached hydrogens (tertiary/aromatic N) is 2. The van der Waals surface area contributed by atoms with E-state index in [9.17, 15) is 13.6 Å². The third-order valence-electron chi connectivity index (χ3n) is 3.42. The van der Waals surface area contributed by atoms with Crippen LogP contribution in [0.4, 0.5) is 14.5 Å². The second kappa shape index (κ2) is 8.41. The lowest BCUT2D eigenvalue weighted by Gasteiger charge is -2.21. The monoisotopic (exact) mass is 373 g/mol. The number of rotatable bonds is 4. The number of aromatic nitrogens is 1. The standard InChI is InChI=1S/C16H16ClF2N3O.H2S/c1-9-14(17)7-13(8-21-9)22(2)16(23)15(20)5-10-3-11(18)6-12(19)4-10;/h3-4,6-8,15H,5,20H2,1-2H3;1H2/t15-;/m0./s1. The maximum atomic E-state index is 13.2. The Labute approximate surface area is 151 Å². The van der Waals surface area contributed by atoms with Gasteiger partial charge in [-0.3, -0.25) is 9.78 Å². The van der Waals surface area contributed by atoms with Gasteiger partial charge in [-0.05, 0) is 37.1 Å². The van der Waals surface area contributed by atoms with E-state index in [2.05, 4.69) is 4.98 Å². The molecule has 1 aromatic heterocycles. The van der Waals surface area contributed by atoms with Crippen molar-refractivity contribution in [2.24, 2.45) is 5.73 Å². The van der Waals surface area contributed by atoms with E-state index in [1.807, 2.05) is 0 Å². The SMILES string of the molecule is Cc1ncc(N(C)C(=O)[C@@H](N)Cc2cc(F)cc(F)c2)cc1Cl.S. The normalized spacial score (nSPS) is 11.6. The van der Waals surface area contributed by atoms with Crippen molar-refractivity contribution in [2.75, 3.05) is 11.9 Å². The first kappa shape index (κ1) is 20.3. The van der Waals surface area contributed by atoms with Gasteiger partial charge in [-0.15, -0.1) is 0 Å². The minimum absolute atomic E-state index is 0. The van der Waals surface area contributed by atoms with Gasteiger partial charge < -0.3 is 10.6 Å². The summed E-state index contributed by atoms with van der Waals surface area (Å²) in [6, 6.07) is 3.74. The van der Waals surface area contributed by atoms with Crippen LogP contribution in [0.15, 0.2) is 30.5 Å². The van der Waals surface area contributed by atoms with Gasteiger partial charge in [-0.2, -0.15) is 13.5 Å². The van der Waals surface area contributed by atoms with Crippen LogP contribution in [0.5, 0.6) is 0 Å². The molecule has 0 aliphatic rings. The molecule has 0 fully saturated rings. The quantitative estimate of drug-likeness (QED) is 0.896.